The largest absolute Gasteiger partial charge is 0.518 e. The lowest BCUT2D eigenvalue weighted by Crippen LogP contribution is -2.46. The maximum Gasteiger partial charge on any atom is 0.518 e. The minimum atomic E-state index is -5.93. The van der Waals surface area contributed by atoms with Crippen molar-refractivity contribution in [1.29, 1.82) is 0 Å². The van der Waals surface area contributed by atoms with Crippen molar-refractivity contribution >= 4 is 35.7 Å². The molecule has 0 aliphatic rings. The molecule has 21 heavy (non-hydrogen) atoms. The van der Waals surface area contributed by atoms with Gasteiger partial charge in [-0.25, -0.2) is 4.79 Å². The van der Waals surface area contributed by atoms with Crippen LogP contribution >= 0.6 is 0 Å². The van der Waals surface area contributed by atoms with Crippen molar-refractivity contribution in [1.82, 2.24) is 10.6 Å². The van der Waals surface area contributed by atoms with E-state index in [1.54, 1.807) is 10.6 Å². The third-order valence-electron chi connectivity index (χ3n) is 1.42. The van der Waals surface area contributed by atoms with Crippen molar-refractivity contribution < 1.29 is 35.9 Å². The highest BCUT2D eigenvalue weighted by atomic mass is 32.2. The first-order chi connectivity index (χ1) is 9.14. The number of alkyl carbamates (subject to hydrolysis) is 1. The molecule has 0 aromatic carbocycles. The zero-order valence-corrected chi connectivity index (χ0v) is 12.3. The number of rotatable bonds is 1. The Morgan fingerprint density at radius 3 is 1.95 bits per heavy atom. The van der Waals surface area contributed by atoms with E-state index in [0.29, 0.717) is 0 Å². The standard InChI is InChI=1S/C8H13BF3N3O5S/c1-7(2,3)20-6(17)14-5(13-4(9)16)15-21(18,19)8(10,11)12/h9H2,1-3H3,(H2,13,14,15,16,17). The van der Waals surface area contributed by atoms with E-state index in [1.165, 1.54) is 20.8 Å². The van der Waals surface area contributed by atoms with Crippen molar-refractivity contribution in [3.8, 4) is 0 Å². The molecule has 0 spiro atoms. The summed E-state index contributed by atoms with van der Waals surface area (Å²) in [5, 5.41) is 3.26. The van der Waals surface area contributed by atoms with Crippen LogP contribution < -0.4 is 10.6 Å². The molecule has 0 unspecified atom stereocenters. The van der Waals surface area contributed by atoms with Gasteiger partial charge in [0.1, 0.15) is 5.60 Å². The molecule has 0 atom stereocenters. The number of ether oxygens (including phenoxy) is 1. The molecule has 0 bridgehead atoms. The maximum absolute atomic E-state index is 12.2. The van der Waals surface area contributed by atoms with E-state index < -0.39 is 39.0 Å². The molecule has 2 amide bonds. The molecule has 0 heterocycles. The molecule has 13 heteroatoms. The molecule has 0 saturated carbocycles. The van der Waals surface area contributed by atoms with E-state index in [0.717, 1.165) is 7.85 Å². The molecule has 2 N–H and O–H groups in total. The number of hydrogen-bond donors (Lipinski definition) is 2. The molecular weight excluding hydrogens is 318 g/mol. The van der Waals surface area contributed by atoms with Gasteiger partial charge in [0.05, 0.1) is 0 Å². The predicted octanol–water partition coefficient (Wildman–Crippen LogP) is 0.0594. The summed E-state index contributed by atoms with van der Waals surface area (Å²) < 4.78 is 65.3. The number of amides is 2. The maximum atomic E-state index is 12.2. The van der Waals surface area contributed by atoms with Crippen molar-refractivity contribution in [2.24, 2.45) is 4.40 Å². The number of sulfonamides is 1. The quantitative estimate of drug-likeness (QED) is 0.401. The Morgan fingerprint density at radius 2 is 1.62 bits per heavy atom. The number of guanidine groups is 1. The van der Waals surface area contributed by atoms with Gasteiger partial charge in [-0.2, -0.15) is 21.6 Å². The van der Waals surface area contributed by atoms with Gasteiger partial charge < -0.3 is 10.1 Å². The van der Waals surface area contributed by atoms with Crippen LogP contribution in [-0.2, 0) is 14.8 Å². The molecule has 120 valence electrons. The number of nitrogens with zero attached hydrogens (tertiary/aromatic N) is 1. The highest BCUT2D eigenvalue weighted by Crippen LogP contribution is 2.24. The number of halogens is 3. The second kappa shape index (κ2) is 6.32. The summed E-state index contributed by atoms with van der Waals surface area (Å²) >= 11 is 0. The summed E-state index contributed by atoms with van der Waals surface area (Å²) in [6, 6.07) is 0. The van der Waals surface area contributed by atoms with Crippen LogP contribution in [0.3, 0.4) is 0 Å². The monoisotopic (exact) mass is 331 g/mol. The Labute approximate surface area is 119 Å². The molecule has 8 nitrogen and oxygen atoms in total. The fourth-order valence-corrected chi connectivity index (χ4v) is 1.25. The third-order valence-corrected chi connectivity index (χ3v) is 2.43. The van der Waals surface area contributed by atoms with E-state index in [9.17, 15) is 31.2 Å². The van der Waals surface area contributed by atoms with Crippen LogP contribution in [0.2, 0.25) is 0 Å². The van der Waals surface area contributed by atoms with Crippen LogP contribution in [0.4, 0.5) is 22.8 Å². The number of hydrogen-bond acceptors (Lipinski definition) is 5. The van der Waals surface area contributed by atoms with Gasteiger partial charge in [-0.3, -0.25) is 10.1 Å². The van der Waals surface area contributed by atoms with Gasteiger partial charge in [-0.15, -0.1) is 4.40 Å². The summed E-state index contributed by atoms with van der Waals surface area (Å²) in [6.45, 7) is 4.40. The van der Waals surface area contributed by atoms with Gasteiger partial charge in [0, 0.05) is 0 Å². The van der Waals surface area contributed by atoms with Crippen LogP contribution in [-0.4, -0.2) is 45.2 Å². The Balaban J connectivity index is 5.34. The lowest BCUT2D eigenvalue weighted by Gasteiger charge is -2.20. The van der Waals surface area contributed by atoms with Gasteiger partial charge in [0.25, 0.3) is 0 Å². The molecule has 0 saturated heterocycles. The van der Waals surface area contributed by atoms with Gasteiger partial charge in [-0.05, 0) is 20.8 Å². The highest BCUT2D eigenvalue weighted by molar-refractivity contribution is 7.91. The summed E-state index contributed by atoms with van der Waals surface area (Å²) in [5.41, 5.74) is -6.67. The first-order valence-corrected chi connectivity index (χ1v) is 6.77. The molecule has 0 rings (SSSR count). The van der Waals surface area contributed by atoms with Crippen LogP contribution in [0.1, 0.15) is 20.8 Å². The Hall–Kier alpha value is -1.79. The van der Waals surface area contributed by atoms with Crippen molar-refractivity contribution in [3.63, 3.8) is 0 Å². The van der Waals surface area contributed by atoms with Crippen molar-refractivity contribution in [3.05, 3.63) is 0 Å². The van der Waals surface area contributed by atoms with Crippen molar-refractivity contribution in [2.75, 3.05) is 0 Å². The third kappa shape index (κ3) is 7.53. The minimum absolute atomic E-state index is 0.881. The van der Waals surface area contributed by atoms with Crippen LogP contribution in [0.5, 0.6) is 0 Å². The fraction of sp³-hybridized carbons (Fsp3) is 0.625. The van der Waals surface area contributed by atoms with Crippen LogP contribution in [0.25, 0.3) is 0 Å². The van der Waals surface area contributed by atoms with E-state index in [2.05, 4.69) is 4.40 Å². The topological polar surface area (TPSA) is 114 Å². The molecular formula is C8H13BF3N3O5S. The van der Waals surface area contributed by atoms with Crippen LogP contribution in [0.15, 0.2) is 4.40 Å². The Kier molecular flexibility index (Phi) is 5.79. The van der Waals surface area contributed by atoms with E-state index >= 15 is 0 Å². The molecule has 0 aromatic rings. The average Bonchev–Trinajstić information content (AvgIpc) is 2.08. The molecule has 0 fully saturated rings. The Bertz CT molecular complexity index is 552. The first kappa shape index (κ1) is 19.2. The molecule has 0 aromatic heterocycles. The highest BCUT2D eigenvalue weighted by Gasteiger charge is 2.46. The SMILES string of the molecule is BC(=O)N/C(=N/S(=O)(=O)C(F)(F)F)NC(=O)OC(C)(C)C. The molecule has 0 radical (unpaired) electrons. The van der Waals surface area contributed by atoms with Crippen molar-refractivity contribution in [2.45, 2.75) is 31.9 Å². The number of nitrogens with one attached hydrogen (secondary N) is 2. The summed E-state index contributed by atoms with van der Waals surface area (Å²) in [6.07, 6.45) is -1.28. The van der Waals surface area contributed by atoms with Gasteiger partial charge >= 0.3 is 21.6 Å². The first-order valence-electron chi connectivity index (χ1n) is 5.33. The smallest absolute Gasteiger partial charge is 0.444 e. The molecule has 0 aliphatic carbocycles. The predicted molar refractivity (Wildman–Crippen MR) is 68.9 cm³/mol. The lowest BCUT2D eigenvalue weighted by atomic mass is 10.1. The zero-order valence-electron chi connectivity index (χ0n) is 11.5. The van der Waals surface area contributed by atoms with Gasteiger partial charge in [0.2, 0.25) is 13.8 Å². The number of carbonyl (C=O) groups excluding carboxylic acids is 2. The van der Waals surface area contributed by atoms with Crippen LogP contribution in [0, 0.1) is 0 Å². The summed E-state index contributed by atoms with van der Waals surface area (Å²) in [4.78, 5) is 22.1. The number of carbonyl (C=O) groups is 2. The lowest BCUT2D eigenvalue weighted by molar-refractivity contribution is -0.0435. The van der Waals surface area contributed by atoms with E-state index in [1.807, 2.05) is 0 Å². The van der Waals surface area contributed by atoms with Gasteiger partial charge in [-0.1, -0.05) is 0 Å². The molecule has 0 aliphatic heterocycles. The van der Waals surface area contributed by atoms with E-state index in [-0.39, 0.29) is 0 Å². The minimum Gasteiger partial charge on any atom is -0.444 e. The average molecular weight is 331 g/mol. The second-order valence-corrected chi connectivity index (χ2v) is 6.26. The number of alkyl halides is 3. The summed E-state index contributed by atoms with van der Waals surface area (Å²) in [5.74, 6) is -2.16. The van der Waals surface area contributed by atoms with Gasteiger partial charge in [0.15, 0.2) is 5.81 Å². The fourth-order valence-electron chi connectivity index (χ4n) is 0.816. The van der Waals surface area contributed by atoms with E-state index in [4.69, 9.17) is 4.74 Å². The zero-order chi connectivity index (χ0) is 17.1. The second-order valence-electron chi connectivity index (χ2n) is 4.67. The Morgan fingerprint density at radius 1 is 1.14 bits per heavy atom. The summed E-state index contributed by atoms with van der Waals surface area (Å²) in [7, 11) is -5.05. The normalized spacial score (nSPS) is 13.5.